The second-order valence-corrected chi connectivity index (χ2v) is 7.99. The molecule has 0 aromatic carbocycles. The lowest BCUT2D eigenvalue weighted by atomic mass is 9.46. The highest BCUT2D eigenvalue weighted by Crippen LogP contribution is 2.61. The van der Waals surface area contributed by atoms with Crippen molar-refractivity contribution in [2.45, 2.75) is 59.3 Å². The van der Waals surface area contributed by atoms with Crippen molar-refractivity contribution in [3.63, 3.8) is 0 Å². The highest BCUT2D eigenvalue weighted by molar-refractivity contribution is 5.21. The SMILES string of the molecule is CC1=CCCC2C1(C)CCC(CO)C2(C)CCc1ccoc1. The number of allylic oxidation sites excluding steroid dienone is 2. The molecule has 2 aliphatic rings. The molecule has 1 N–H and O–H groups in total. The fourth-order valence-electron chi connectivity index (χ4n) is 5.34. The fourth-order valence-corrected chi connectivity index (χ4v) is 5.34. The molecule has 0 amide bonds. The van der Waals surface area contributed by atoms with Crippen LogP contribution in [0.5, 0.6) is 0 Å². The molecule has 0 spiro atoms. The van der Waals surface area contributed by atoms with Gasteiger partial charge in [-0.15, -0.1) is 0 Å². The van der Waals surface area contributed by atoms with Gasteiger partial charge in [0.15, 0.2) is 0 Å². The summed E-state index contributed by atoms with van der Waals surface area (Å²) in [4.78, 5) is 0. The van der Waals surface area contributed by atoms with Gasteiger partial charge in [0.1, 0.15) is 0 Å². The summed E-state index contributed by atoms with van der Waals surface area (Å²) < 4.78 is 5.23. The average molecular weight is 302 g/mol. The molecule has 1 saturated carbocycles. The van der Waals surface area contributed by atoms with Gasteiger partial charge >= 0.3 is 0 Å². The molecule has 4 unspecified atom stereocenters. The second-order valence-electron chi connectivity index (χ2n) is 7.99. The van der Waals surface area contributed by atoms with E-state index in [1.807, 2.05) is 6.26 Å². The minimum atomic E-state index is 0.217. The van der Waals surface area contributed by atoms with E-state index in [0.717, 1.165) is 19.3 Å². The minimum Gasteiger partial charge on any atom is -0.472 e. The fraction of sp³-hybridized carbons (Fsp3) is 0.700. The topological polar surface area (TPSA) is 33.4 Å². The van der Waals surface area contributed by atoms with Crippen LogP contribution in [0.1, 0.15) is 58.4 Å². The van der Waals surface area contributed by atoms with Gasteiger partial charge in [0.05, 0.1) is 12.5 Å². The predicted molar refractivity (Wildman–Crippen MR) is 89.5 cm³/mol. The molecule has 0 aliphatic heterocycles. The van der Waals surface area contributed by atoms with Crippen molar-refractivity contribution in [3.8, 4) is 0 Å². The maximum absolute atomic E-state index is 9.99. The van der Waals surface area contributed by atoms with Gasteiger partial charge in [0, 0.05) is 6.61 Å². The number of rotatable bonds is 4. The van der Waals surface area contributed by atoms with Gasteiger partial charge in [-0.3, -0.25) is 0 Å². The van der Waals surface area contributed by atoms with Crippen LogP contribution in [0.2, 0.25) is 0 Å². The van der Waals surface area contributed by atoms with Crippen molar-refractivity contribution in [2.75, 3.05) is 6.61 Å². The van der Waals surface area contributed by atoms with E-state index in [1.54, 1.807) is 11.8 Å². The zero-order valence-electron chi connectivity index (χ0n) is 14.3. The third kappa shape index (κ3) is 2.46. The first kappa shape index (κ1) is 15.9. The number of aliphatic hydroxyl groups excluding tert-OH is 1. The zero-order valence-corrected chi connectivity index (χ0v) is 14.3. The number of hydrogen-bond acceptors (Lipinski definition) is 2. The van der Waals surface area contributed by atoms with Crippen LogP contribution in [-0.2, 0) is 6.42 Å². The highest BCUT2D eigenvalue weighted by atomic mass is 16.3. The highest BCUT2D eigenvalue weighted by Gasteiger charge is 2.53. The first-order valence-electron chi connectivity index (χ1n) is 8.80. The Bertz CT molecular complexity index is 530. The molecule has 1 aromatic rings. The van der Waals surface area contributed by atoms with Gasteiger partial charge < -0.3 is 9.52 Å². The van der Waals surface area contributed by atoms with Gasteiger partial charge in [-0.2, -0.15) is 0 Å². The number of fused-ring (bicyclic) bond motifs is 1. The molecule has 1 fully saturated rings. The van der Waals surface area contributed by atoms with Crippen molar-refractivity contribution < 1.29 is 9.52 Å². The third-order valence-electron chi connectivity index (χ3n) is 7.07. The summed E-state index contributed by atoms with van der Waals surface area (Å²) in [6.07, 6.45) is 13.1. The Balaban J connectivity index is 1.88. The Morgan fingerprint density at radius 1 is 1.32 bits per heavy atom. The van der Waals surface area contributed by atoms with Crippen LogP contribution >= 0.6 is 0 Å². The molecule has 3 rings (SSSR count). The first-order valence-corrected chi connectivity index (χ1v) is 8.80. The molecule has 1 heterocycles. The number of hydrogen-bond donors (Lipinski definition) is 1. The van der Waals surface area contributed by atoms with E-state index in [1.165, 1.54) is 24.8 Å². The van der Waals surface area contributed by atoms with E-state index in [0.29, 0.717) is 23.9 Å². The maximum Gasteiger partial charge on any atom is 0.0934 e. The van der Waals surface area contributed by atoms with E-state index in [4.69, 9.17) is 4.42 Å². The lowest BCUT2D eigenvalue weighted by Gasteiger charge is -2.58. The van der Waals surface area contributed by atoms with Crippen LogP contribution in [0.25, 0.3) is 0 Å². The molecule has 2 aliphatic carbocycles. The van der Waals surface area contributed by atoms with E-state index < -0.39 is 0 Å². The maximum atomic E-state index is 9.99. The van der Waals surface area contributed by atoms with E-state index in [9.17, 15) is 5.11 Å². The molecule has 2 nitrogen and oxygen atoms in total. The van der Waals surface area contributed by atoms with Gasteiger partial charge in [0.2, 0.25) is 0 Å². The first-order chi connectivity index (χ1) is 10.5. The third-order valence-corrected chi connectivity index (χ3v) is 7.07. The Labute approximate surface area is 134 Å². The lowest BCUT2D eigenvalue weighted by molar-refractivity contribution is -0.0712. The van der Waals surface area contributed by atoms with E-state index in [2.05, 4.69) is 32.9 Å². The normalized spacial score (nSPS) is 38.5. The minimum absolute atomic E-state index is 0.217. The molecule has 2 heteroatoms. The number of furan rings is 1. The van der Waals surface area contributed by atoms with E-state index in [-0.39, 0.29) is 5.41 Å². The standard InChI is InChI=1S/C20H30O2/c1-15-5-4-6-18-19(15,2)11-8-17(13-21)20(18,3)10-7-16-9-12-22-14-16/h5,9,12,14,17-18,21H,4,6-8,10-11,13H2,1-3H3. The van der Waals surface area contributed by atoms with Crippen LogP contribution in [0.3, 0.4) is 0 Å². The Morgan fingerprint density at radius 3 is 2.82 bits per heavy atom. The van der Waals surface area contributed by atoms with Gasteiger partial charge in [-0.05, 0) is 79.7 Å². The van der Waals surface area contributed by atoms with Gasteiger partial charge in [-0.1, -0.05) is 25.5 Å². The Hall–Kier alpha value is -1.02. The summed E-state index contributed by atoms with van der Waals surface area (Å²) in [6.45, 7) is 7.56. The molecule has 122 valence electrons. The summed E-state index contributed by atoms with van der Waals surface area (Å²) >= 11 is 0. The summed E-state index contributed by atoms with van der Waals surface area (Å²) in [6, 6.07) is 2.07. The van der Waals surface area contributed by atoms with Crippen molar-refractivity contribution >= 4 is 0 Å². The number of aryl methyl sites for hydroxylation is 1. The van der Waals surface area contributed by atoms with Crippen LogP contribution in [0, 0.1) is 22.7 Å². The Morgan fingerprint density at radius 2 is 2.14 bits per heavy atom. The summed E-state index contributed by atoms with van der Waals surface area (Å²) in [5.41, 5.74) is 3.41. The Kier molecular flexibility index (Phi) is 4.24. The van der Waals surface area contributed by atoms with Crippen molar-refractivity contribution in [1.82, 2.24) is 0 Å². The second kappa shape index (κ2) is 5.88. The van der Waals surface area contributed by atoms with Gasteiger partial charge in [-0.25, -0.2) is 0 Å². The zero-order chi connectivity index (χ0) is 15.8. The smallest absolute Gasteiger partial charge is 0.0934 e. The van der Waals surface area contributed by atoms with Crippen LogP contribution < -0.4 is 0 Å². The quantitative estimate of drug-likeness (QED) is 0.795. The van der Waals surface area contributed by atoms with Crippen LogP contribution in [0.4, 0.5) is 0 Å². The van der Waals surface area contributed by atoms with Crippen molar-refractivity contribution in [3.05, 3.63) is 35.8 Å². The average Bonchev–Trinajstić information content (AvgIpc) is 3.01. The molecule has 1 aromatic heterocycles. The predicted octanol–water partition coefficient (Wildman–Crippen LogP) is 4.98. The molecule has 22 heavy (non-hydrogen) atoms. The molecular formula is C20H30O2. The summed E-state index contributed by atoms with van der Waals surface area (Å²) in [5.74, 6) is 1.12. The molecule has 0 saturated heterocycles. The van der Waals surface area contributed by atoms with Crippen LogP contribution in [0.15, 0.2) is 34.7 Å². The number of aliphatic hydroxyl groups is 1. The summed E-state index contributed by atoms with van der Waals surface area (Å²) in [7, 11) is 0. The van der Waals surface area contributed by atoms with Gasteiger partial charge in [0.25, 0.3) is 0 Å². The summed E-state index contributed by atoms with van der Waals surface area (Å²) in [5, 5.41) is 9.99. The molecular weight excluding hydrogens is 272 g/mol. The van der Waals surface area contributed by atoms with E-state index >= 15 is 0 Å². The van der Waals surface area contributed by atoms with Crippen LogP contribution in [-0.4, -0.2) is 11.7 Å². The van der Waals surface area contributed by atoms with Crippen molar-refractivity contribution in [1.29, 1.82) is 0 Å². The largest absolute Gasteiger partial charge is 0.472 e. The molecule has 4 atom stereocenters. The monoisotopic (exact) mass is 302 g/mol. The molecule has 0 bridgehead atoms. The lowest BCUT2D eigenvalue weighted by Crippen LogP contribution is -2.51. The van der Waals surface area contributed by atoms with Crippen molar-refractivity contribution in [2.24, 2.45) is 22.7 Å². The molecule has 0 radical (unpaired) electrons.